The molecule has 16 heavy (non-hydrogen) atoms. The van der Waals surface area contributed by atoms with Crippen molar-refractivity contribution in [2.75, 3.05) is 13.1 Å². The van der Waals surface area contributed by atoms with Gasteiger partial charge in [0, 0.05) is 23.1 Å². The third-order valence-corrected chi connectivity index (χ3v) is 2.86. The van der Waals surface area contributed by atoms with Crippen LogP contribution in [0.5, 0.6) is 0 Å². The quantitative estimate of drug-likeness (QED) is 0.848. The van der Waals surface area contributed by atoms with Crippen LogP contribution in [0.4, 0.5) is 4.39 Å². The molecule has 0 unspecified atom stereocenters. The summed E-state index contributed by atoms with van der Waals surface area (Å²) in [4.78, 5) is 2.42. The number of benzene rings is 1. The largest absolute Gasteiger partial charge is 0.392 e. The molecule has 0 saturated carbocycles. The second kappa shape index (κ2) is 6.27. The van der Waals surface area contributed by atoms with Gasteiger partial charge in [0.15, 0.2) is 0 Å². The number of rotatable bonds is 5. The Morgan fingerprint density at radius 2 is 2.25 bits per heavy atom. The maximum absolute atomic E-state index is 13.6. The number of halogens is 2. The Hall–Kier alpha value is -0.520. The molecule has 0 saturated heterocycles. The minimum absolute atomic E-state index is 0.212. The van der Waals surface area contributed by atoms with Crippen molar-refractivity contribution in [2.45, 2.75) is 13.5 Å². The molecule has 0 aliphatic heterocycles. The van der Waals surface area contributed by atoms with E-state index in [1.165, 1.54) is 6.07 Å². The van der Waals surface area contributed by atoms with Crippen molar-refractivity contribution >= 4 is 33.1 Å². The summed E-state index contributed by atoms with van der Waals surface area (Å²) >= 11 is 8.07. The molecule has 2 nitrogen and oxygen atoms in total. The third kappa shape index (κ3) is 4.15. The second-order valence-electron chi connectivity index (χ2n) is 3.51. The van der Waals surface area contributed by atoms with Gasteiger partial charge in [0.2, 0.25) is 0 Å². The fourth-order valence-electron chi connectivity index (χ4n) is 1.39. The van der Waals surface area contributed by atoms with Gasteiger partial charge >= 0.3 is 0 Å². The van der Waals surface area contributed by atoms with Crippen LogP contribution in [0.25, 0.3) is 0 Å². The normalized spacial score (nSPS) is 10.8. The first-order valence-corrected chi connectivity index (χ1v) is 6.17. The lowest BCUT2D eigenvalue weighted by atomic mass is 10.2. The number of hydrogen-bond acceptors (Lipinski definition) is 2. The lowest BCUT2D eigenvalue weighted by Crippen LogP contribution is -2.32. The Kier molecular flexibility index (Phi) is 5.31. The van der Waals surface area contributed by atoms with E-state index >= 15 is 0 Å². The topological polar surface area (TPSA) is 29.3 Å². The number of nitrogens with zero attached hydrogens (tertiary/aromatic N) is 1. The van der Waals surface area contributed by atoms with Crippen molar-refractivity contribution in [1.29, 1.82) is 0 Å². The Bertz CT molecular complexity index is 384. The van der Waals surface area contributed by atoms with Gasteiger partial charge in [-0.15, -0.1) is 0 Å². The highest BCUT2D eigenvalue weighted by Crippen LogP contribution is 2.16. The molecule has 0 heterocycles. The number of likely N-dealkylation sites (N-methyl/N-ethyl adjacent to an activating group) is 1. The molecule has 0 atom stereocenters. The number of hydrogen-bond donors (Lipinski definition) is 1. The molecule has 0 aliphatic carbocycles. The minimum atomic E-state index is -0.212. The first-order chi connectivity index (χ1) is 7.52. The zero-order valence-corrected chi connectivity index (χ0v) is 11.4. The molecule has 0 fully saturated rings. The maximum atomic E-state index is 13.6. The molecule has 5 heteroatoms. The van der Waals surface area contributed by atoms with Gasteiger partial charge < -0.3 is 5.73 Å². The van der Waals surface area contributed by atoms with Crippen LogP contribution < -0.4 is 5.73 Å². The van der Waals surface area contributed by atoms with Crippen molar-refractivity contribution in [1.82, 2.24) is 4.90 Å². The van der Waals surface area contributed by atoms with Gasteiger partial charge in [0.05, 0.1) is 4.99 Å². The Morgan fingerprint density at radius 1 is 1.56 bits per heavy atom. The minimum Gasteiger partial charge on any atom is -0.392 e. The number of nitrogens with two attached hydrogens (primary N) is 1. The molecule has 2 N–H and O–H groups in total. The van der Waals surface area contributed by atoms with E-state index in [9.17, 15) is 4.39 Å². The third-order valence-electron chi connectivity index (χ3n) is 2.24. The van der Waals surface area contributed by atoms with Crippen molar-refractivity contribution in [3.63, 3.8) is 0 Å². The van der Waals surface area contributed by atoms with Crippen LogP contribution in [0.3, 0.4) is 0 Å². The van der Waals surface area contributed by atoms with Crippen molar-refractivity contribution in [3.8, 4) is 0 Å². The second-order valence-corrected chi connectivity index (χ2v) is 4.95. The fourth-order valence-corrected chi connectivity index (χ4v) is 1.91. The van der Waals surface area contributed by atoms with Crippen molar-refractivity contribution in [3.05, 3.63) is 34.1 Å². The first kappa shape index (κ1) is 13.5. The van der Waals surface area contributed by atoms with Crippen LogP contribution >= 0.6 is 28.1 Å². The summed E-state index contributed by atoms with van der Waals surface area (Å²) in [6, 6.07) is 5.05. The van der Waals surface area contributed by atoms with Gasteiger partial charge in [0.1, 0.15) is 5.82 Å². The summed E-state index contributed by atoms with van der Waals surface area (Å²) in [7, 11) is 0. The predicted molar refractivity (Wildman–Crippen MR) is 71.8 cm³/mol. The summed E-state index contributed by atoms with van der Waals surface area (Å²) in [5.41, 5.74) is 6.13. The predicted octanol–water partition coefficient (Wildman–Crippen LogP) is 2.70. The summed E-state index contributed by atoms with van der Waals surface area (Å²) in [5.74, 6) is -0.212. The molecule has 0 aromatic heterocycles. The lowest BCUT2D eigenvalue weighted by molar-refractivity contribution is 0.315. The molecule has 1 aromatic carbocycles. The maximum Gasteiger partial charge on any atom is 0.128 e. The number of thiocarbonyl (C=S) groups is 1. The van der Waals surface area contributed by atoms with Crippen LogP contribution in [0, 0.1) is 5.82 Å². The molecular weight excluding hydrogens is 291 g/mol. The Morgan fingerprint density at radius 3 is 2.75 bits per heavy atom. The van der Waals surface area contributed by atoms with E-state index in [4.69, 9.17) is 18.0 Å². The van der Waals surface area contributed by atoms with E-state index < -0.39 is 0 Å². The van der Waals surface area contributed by atoms with E-state index in [1.807, 2.05) is 17.9 Å². The van der Waals surface area contributed by atoms with Crippen LogP contribution in [-0.4, -0.2) is 23.0 Å². The average Bonchev–Trinajstić information content (AvgIpc) is 2.20. The van der Waals surface area contributed by atoms with E-state index in [2.05, 4.69) is 15.9 Å². The van der Waals surface area contributed by atoms with E-state index in [0.29, 0.717) is 23.6 Å². The molecule has 88 valence electrons. The summed E-state index contributed by atoms with van der Waals surface area (Å²) in [6.07, 6.45) is 0. The highest BCUT2D eigenvalue weighted by Gasteiger charge is 2.08. The molecule has 0 bridgehead atoms. The molecule has 1 rings (SSSR count). The van der Waals surface area contributed by atoms with Gasteiger partial charge in [-0.05, 0) is 18.7 Å². The summed E-state index contributed by atoms with van der Waals surface area (Å²) < 4.78 is 14.3. The van der Waals surface area contributed by atoms with Gasteiger partial charge in [-0.2, -0.15) is 0 Å². The van der Waals surface area contributed by atoms with E-state index in [-0.39, 0.29) is 5.82 Å². The van der Waals surface area contributed by atoms with Crippen LogP contribution in [0.1, 0.15) is 12.5 Å². The van der Waals surface area contributed by atoms with Gasteiger partial charge in [-0.3, -0.25) is 4.90 Å². The zero-order chi connectivity index (χ0) is 12.1. The zero-order valence-electron chi connectivity index (χ0n) is 9.04. The highest BCUT2D eigenvalue weighted by molar-refractivity contribution is 9.10. The van der Waals surface area contributed by atoms with Gasteiger partial charge in [-0.1, -0.05) is 41.1 Å². The van der Waals surface area contributed by atoms with E-state index in [1.54, 1.807) is 6.07 Å². The SMILES string of the molecule is CCN(CC(N)=S)Cc1ccc(Br)cc1F. The summed E-state index contributed by atoms with van der Waals surface area (Å²) in [5, 5.41) is 0. The standard InChI is InChI=1S/C11H14BrFN2S/c1-2-15(7-11(14)16)6-8-3-4-9(12)5-10(8)13/h3-5H,2,6-7H2,1H3,(H2,14,16). The monoisotopic (exact) mass is 304 g/mol. The molecule has 1 aromatic rings. The van der Waals surface area contributed by atoms with Crippen LogP contribution in [-0.2, 0) is 6.54 Å². The van der Waals surface area contributed by atoms with Crippen LogP contribution in [0.2, 0.25) is 0 Å². The Balaban J connectivity index is 2.73. The first-order valence-electron chi connectivity index (χ1n) is 4.97. The Labute approximate surface area is 109 Å². The highest BCUT2D eigenvalue weighted by atomic mass is 79.9. The summed E-state index contributed by atoms with van der Waals surface area (Å²) in [6.45, 7) is 3.82. The molecular formula is C11H14BrFN2S. The molecule has 0 radical (unpaired) electrons. The van der Waals surface area contributed by atoms with Gasteiger partial charge in [0.25, 0.3) is 0 Å². The van der Waals surface area contributed by atoms with Crippen molar-refractivity contribution < 1.29 is 4.39 Å². The van der Waals surface area contributed by atoms with E-state index in [0.717, 1.165) is 11.0 Å². The fraction of sp³-hybridized carbons (Fsp3) is 0.364. The molecule has 0 spiro atoms. The lowest BCUT2D eigenvalue weighted by Gasteiger charge is -2.19. The smallest absolute Gasteiger partial charge is 0.128 e. The van der Waals surface area contributed by atoms with Crippen molar-refractivity contribution in [2.24, 2.45) is 5.73 Å². The molecule has 0 aliphatic rings. The van der Waals surface area contributed by atoms with Crippen LogP contribution in [0.15, 0.2) is 22.7 Å². The average molecular weight is 305 g/mol. The molecule has 0 amide bonds. The van der Waals surface area contributed by atoms with Gasteiger partial charge in [-0.25, -0.2) is 4.39 Å².